The predicted molar refractivity (Wildman–Crippen MR) is 145 cm³/mol. The van der Waals surface area contributed by atoms with Crippen molar-refractivity contribution in [3.8, 4) is 17.6 Å². The molecular weight excluding hydrogens is 562 g/mol. The molecule has 0 saturated carbocycles. The predicted octanol–water partition coefficient (Wildman–Crippen LogP) is 7.07. The van der Waals surface area contributed by atoms with Gasteiger partial charge in [0, 0.05) is 30.1 Å². The van der Waals surface area contributed by atoms with Gasteiger partial charge in [0.1, 0.15) is 5.75 Å². The van der Waals surface area contributed by atoms with Crippen molar-refractivity contribution in [2.24, 2.45) is 11.8 Å². The van der Waals surface area contributed by atoms with Crippen LogP contribution in [0.15, 0.2) is 48.7 Å². The molecule has 42 heavy (non-hydrogen) atoms. The third-order valence-corrected chi connectivity index (χ3v) is 7.60. The van der Waals surface area contributed by atoms with Crippen molar-refractivity contribution in [1.29, 1.82) is 0 Å². The van der Waals surface area contributed by atoms with Crippen LogP contribution in [0, 0.1) is 23.7 Å². The van der Waals surface area contributed by atoms with E-state index in [1.54, 1.807) is 13.3 Å². The largest absolute Gasteiger partial charge is 0.497 e. The minimum atomic E-state index is -4.94. The maximum Gasteiger partial charge on any atom is 0.416 e. The molecule has 11 heteroatoms. The normalized spacial score (nSPS) is 18.0. The fourth-order valence-electron chi connectivity index (χ4n) is 5.50. The van der Waals surface area contributed by atoms with Gasteiger partial charge in [0.25, 0.3) is 0 Å². The summed E-state index contributed by atoms with van der Waals surface area (Å²) in [6.07, 6.45) is -5.00. The van der Waals surface area contributed by atoms with Crippen molar-refractivity contribution < 1.29 is 41.0 Å². The molecule has 2 aromatic carbocycles. The Balaban J connectivity index is 1.40. The number of aromatic nitrogens is 1. The number of likely N-dealkylation sites (tertiary alicyclic amines) is 1. The molecule has 3 aromatic rings. The van der Waals surface area contributed by atoms with Crippen LogP contribution in [0.25, 0.3) is 10.9 Å². The van der Waals surface area contributed by atoms with Crippen molar-refractivity contribution in [3.63, 3.8) is 0 Å². The molecule has 0 spiro atoms. The molecule has 224 valence electrons. The number of aliphatic carboxylic acids is 1. The monoisotopic (exact) mass is 592 g/mol. The zero-order chi connectivity index (χ0) is 30.5. The summed E-state index contributed by atoms with van der Waals surface area (Å²) in [6, 6.07) is 8.95. The Morgan fingerprint density at radius 2 is 1.76 bits per heavy atom. The van der Waals surface area contributed by atoms with Crippen LogP contribution in [-0.4, -0.2) is 47.7 Å². The number of hydrogen-bond acceptors (Lipinski definition) is 4. The first-order valence-electron chi connectivity index (χ1n) is 13.5. The van der Waals surface area contributed by atoms with Crippen LogP contribution in [0.2, 0.25) is 0 Å². The number of rotatable bonds is 8. The molecule has 5 nitrogen and oxygen atoms in total. The molecule has 1 N–H and O–H groups in total. The second-order valence-electron chi connectivity index (χ2n) is 10.5. The molecule has 1 aliphatic heterocycles. The minimum Gasteiger partial charge on any atom is -0.497 e. The van der Waals surface area contributed by atoms with Gasteiger partial charge in [-0.25, -0.2) is 0 Å². The molecule has 0 amide bonds. The maximum absolute atomic E-state index is 13.1. The van der Waals surface area contributed by atoms with Gasteiger partial charge in [0.05, 0.1) is 30.3 Å². The van der Waals surface area contributed by atoms with E-state index in [1.807, 2.05) is 29.2 Å². The quantitative estimate of drug-likeness (QED) is 0.224. The lowest BCUT2D eigenvalue weighted by Gasteiger charge is -2.37. The molecule has 1 saturated heterocycles. The summed E-state index contributed by atoms with van der Waals surface area (Å²) in [5.74, 6) is 4.94. The fraction of sp³-hybridized carbons (Fsp3) is 0.419. The number of hydrogen-bond donors (Lipinski definition) is 1. The zero-order valence-corrected chi connectivity index (χ0v) is 22.9. The number of alkyl halides is 6. The third kappa shape index (κ3) is 8.16. The van der Waals surface area contributed by atoms with E-state index in [0.717, 1.165) is 41.5 Å². The molecule has 0 unspecified atom stereocenters. The van der Waals surface area contributed by atoms with E-state index < -0.39 is 29.4 Å². The van der Waals surface area contributed by atoms with E-state index in [4.69, 9.17) is 4.74 Å². The Morgan fingerprint density at radius 1 is 1.05 bits per heavy atom. The molecule has 1 aromatic heterocycles. The smallest absolute Gasteiger partial charge is 0.416 e. The molecule has 1 fully saturated rings. The number of ether oxygens (including phenoxy) is 1. The summed E-state index contributed by atoms with van der Waals surface area (Å²) in [7, 11) is 1.60. The number of carbonyl (C=O) groups is 1. The number of piperidine rings is 1. The summed E-state index contributed by atoms with van der Waals surface area (Å²) in [4.78, 5) is 17.9. The van der Waals surface area contributed by atoms with Crippen molar-refractivity contribution >= 4 is 16.9 Å². The van der Waals surface area contributed by atoms with E-state index in [1.165, 1.54) is 0 Å². The first-order valence-corrected chi connectivity index (χ1v) is 13.5. The fourth-order valence-corrected chi connectivity index (χ4v) is 5.50. The van der Waals surface area contributed by atoms with Gasteiger partial charge in [-0.3, -0.25) is 14.7 Å². The number of pyridine rings is 1. The van der Waals surface area contributed by atoms with Crippen molar-refractivity contribution in [2.45, 2.75) is 44.5 Å². The highest BCUT2D eigenvalue weighted by atomic mass is 19.4. The average Bonchev–Trinajstić information content (AvgIpc) is 2.92. The van der Waals surface area contributed by atoms with Gasteiger partial charge in [-0.05, 0) is 92.1 Å². The van der Waals surface area contributed by atoms with E-state index in [-0.39, 0.29) is 36.4 Å². The Morgan fingerprint density at radius 3 is 2.40 bits per heavy atom. The van der Waals surface area contributed by atoms with Crippen LogP contribution in [0.3, 0.4) is 0 Å². The number of carboxylic acids is 1. The molecule has 4 rings (SSSR count). The molecule has 0 aliphatic carbocycles. The summed E-state index contributed by atoms with van der Waals surface area (Å²) in [5.41, 5.74) is -1.21. The van der Waals surface area contributed by atoms with Crippen molar-refractivity contribution in [3.05, 3.63) is 70.9 Å². The minimum absolute atomic E-state index is 0.0352. The number of aryl methyl sites for hydroxylation is 1. The maximum atomic E-state index is 13.1. The number of carboxylic acid groups (broad SMARTS) is 1. The number of benzene rings is 2. The van der Waals surface area contributed by atoms with E-state index >= 15 is 0 Å². The summed E-state index contributed by atoms with van der Waals surface area (Å²) < 4.78 is 84.2. The first kappa shape index (κ1) is 31.2. The number of fused-ring (bicyclic) bond motifs is 1. The van der Waals surface area contributed by atoms with Crippen molar-refractivity contribution in [1.82, 2.24) is 9.88 Å². The summed E-state index contributed by atoms with van der Waals surface area (Å²) in [6.45, 7) is 1.13. The van der Waals surface area contributed by atoms with Gasteiger partial charge >= 0.3 is 18.3 Å². The third-order valence-electron chi connectivity index (χ3n) is 7.60. The lowest BCUT2D eigenvalue weighted by Crippen LogP contribution is -2.41. The van der Waals surface area contributed by atoms with Gasteiger partial charge in [0.15, 0.2) is 0 Å². The van der Waals surface area contributed by atoms with Crippen LogP contribution < -0.4 is 4.74 Å². The van der Waals surface area contributed by atoms with Gasteiger partial charge in [0.2, 0.25) is 0 Å². The molecule has 2 heterocycles. The van der Waals surface area contributed by atoms with Gasteiger partial charge in [-0.2, -0.15) is 26.3 Å². The topological polar surface area (TPSA) is 62.7 Å². The SMILES string of the molecule is COc1ccc2nccc(CCC[C@@H]3CCN(CC#Cc4cc(C(F)(F)F)cc(C(F)(F)F)c4)C[C@@H]3CC(=O)O)c2c1. The second kappa shape index (κ2) is 13.0. The lowest BCUT2D eigenvalue weighted by atomic mass is 9.80. The summed E-state index contributed by atoms with van der Waals surface area (Å²) in [5, 5.41) is 10.5. The standard InChI is InChI=1S/C31H30F6N2O3/c1-42-26-7-8-28-27(18-26)22(9-11-38-28)6-2-5-21-10-13-39(19-23(21)16-29(40)41)12-3-4-20-14-24(30(32,33)34)17-25(15-20)31(35,36)37/h7-9,11,14-15,17-18,21,23H,2,5-6,10,12-13,16,19H2,1H3,(H,40,41)/t21-,23+/m1/s1. The number of nitrogens with zero attached hydrogens (tertiary/aromatic N) is 2. The van der Waals surface area contributed by atoms with Gasteiger partial charge in [-0.1, -0.05) is 11.8 Å². The first-order chi connectivity index (χ1) is 19.8. The zero-order valence-electron chi connectivity index (χ0n) is 22.9. The average molecular weight is 593 g/mol. The van der Waals surface area contributed by atoms with E-state index in [2.05, 4.69) is 16.8 Å². The second-order valence-corrected chi connectivity index (χ2v) is 10.5. The highest BCUT2D eigenvalue weighted by Crippen LogP contribution is 2.36. The van der Waals surface area contributed by atoms with E-state index in [9.17, 15) is 36.2 Å². The number of halogens is 6. The molecule has 0 radical (unpaired) electrons. The Kier molecular flexibility index (Phi) is 9.67. The van der Waals surface area contributed by atoms with Crippen LogP contribution in [0.5, 0.6) is 5.75 Å². The van der Waals surface area contributed by atoms with Crippen molar-refractivity contribution in [2.75, 3.05) is 26.7 Å². The highest BCUT2D eigenvalue weighted by molar-refractivity contribution is 5.83. The highest BCUT2D eigenvalue weighted by Gasteiger charge is 2.37. The van der Waals surface area contributed by atoms with Gasteiger partial charge < -0.3 is 9.84 Å². The Labute approximate surface area is 239 Å². The molecule has 1 aliphatic rings. The Bertz CT molecular complexity index is 1440. The van der Waals surface area contributed by atoms with E-state index in [0.29, 0.717) is 31.6 Å². The molecular formula is C31H30F6N2O3. The number of methoxy groups -OCH3 is 1. The van der Waals surface area contributed by atoms with Crippen LogP contribution >= 0.6 is 0 Å². The summed E-state index contributed by atoms with van der Waals surface area (Å²) >= 11 is 0. The van der Waals surface area contributed by atoms with Crippen LogP contribution in [0.1, 0.15) is 47.9 Å². The van der Waals surface area contributed by atoms with Gasteiger partial charge in [-0.15, -0.1) is 0 Å². The molecule has 2 atom stereocenters. The Hall–Kier alpha value is -3.78. The van der Waals surface area contributed by atoms with Crippen LogP contribution in [0.4, 0.5) is 26.3 Å². The van der Waals surface area contributed by atoms with Crippen LogP contribution in [-0.2, 0) is 23.6 Å². The molecule has 0 bridgehead atoms. The lowest BCUT2D eigenvalue weighted by molar-refractivity contribution is -0.143.